The minimum Gasteiger partial charge on any atom is -0.491 e. The van der Waals surface area contributed by atoms with E-state index in [1.54, 1.807) is 11.3 Å². The molecule has 3 nitrogen and oxygen atoms in total. The molecule has 1 atom stereocenters. The summed E-state index contributed by atoms with van der Waals surface area (Å²) in [6, 6.07) is 8.57. The summed E-state index contributed by atoms with van der Waals surface area (Å²) in [6.45, 7) is 7.03. The van der Waals surface area contributed by atoms with E-state index in [1.807, 2.05) is 37.6 Å². The van der Waals surface area contributed by atoms with Crippen molar-refractivity contribution in [1.82, 2.24) is 10.3 Å². The predicted octanol–water partition coefficient (Wildman–Crippen LogP) is 3.78. The van der Waals surface area contributed by atoms with Crippen molar-refractivity contribution in [1.29, 1.82) is 0 Å². The summed E-state index contributed by atoms with van der Waals surface area (Å²) in [4.78, 5) is 4.26. The van der Waals surface area contributed by atoms with E-state index in [9.17, 15) is 0 Å². The Balaban J connectivity index is 1.90. The third-order valence-electron chi connectivity index (χ3n) is 2.79. The third kappa shape index (κ3) is 4.33. The van der Waals surface area contributed by atoms with Crippen LogP contribution < -0.4 is 10.1 Å². The van der Waals surface area contributed by atoms with Gasteiger partial charge in [0.25, 0.3) is 0 Å². The zero-order chi connectivity index (χ0) is 13.7. The second kappa shape index (κ2) is 6.68. The largest absolute Gasteiger partial charge is 0.491 e. The number of hydrogen-bond donors (Lipinski definition) is 1. The molecule has 0 aliphatic carbocycles. The zero-order valence-electron chi connectivity index (χ0n) is 11.6. The Morgan fingerprint density at radius 1 is 1.21 bits per heavy atom. The minimum atomic E-state index is 0.214. The van der Waals surface area contributed by atoms with Crippen molar-refractivity contribution in [3.8, 4) is 5.75 Å². The number of aromatic nitrogens is 1. The number of thiazole rings is 1. The summed E-state index contributed by atoms with van der Waals surface area (Å²) in [6.07, 6.45) is 2.05. The van der Waals surface area contributed by atoms with Crippen LogP contribution in [0.3, 0.4) is 0 Å². The van der Waals surface area contributed by atoms with E-state index in [0.717, 1.165) is 17.3 Å². The Kier molecular flexibility index (Phi) is 4.93. The monoisotopic (exact) mass is 276 g/mol. The Hall–Kier alpha value is -1.39. The number of nitrogens with one attached hydrogen (secondary N) is 1. The van der Waals surface area contributed by atoms with Crippen molar-refractivity contribution < 1.29 is 4.74 Å². The zero-order valence-corrected chi connectivity index (χ0v) is 12.4. The maximum absolute atomic E-state index is 5.64. The maximum Gasteiger partial charge on any atom is 0.119 e. The summed E-state index contributed by atoms with van der Waals surface area (Å²) in [5.41, 5.74) is 1.26. The molecule has 1 heterocycles. The summed E-state index contributed by atoms with van der Waals surface area (Å²) in [5, 5.41) is 6.59. The minimum absolute atomic E-state index is 0.214. The van der Waals surface area contributed by atoms with Crippen molar-refractivity contribution in [3.05, 3.63) is 46.4 Å². The van der Waals surface area contributed by atoms with Crippen LogP contribution in [0.25, 0.3) is 0 Å². The first-order valence-corrected chi connectivity index (χ1v) is 7.41. The number of hydrogen-bond acceptors (Lipinski definition) is 4. The lowest BCUT2D eigenvalue weighted by atomic mass is 10.1. The average Bonchev–Trinajstić information content (AvgIpc) is 2.89. The molecule has 0 radical (unpaired) electrons. The van der Waals surface area contributed by atoms with Gasteiger partial charge >= 0.3 is 0 Å². The highest BCUT2D eigenvalue weighted by molar-refractivity contribution is 7.09. The van der Waals surface area contributed by atoms with Crippen molar-refractivity contribution in [2.75, 3.05) is 0 Å². The average molecular weight is 276 g/mol. The fourth-order valence-corrected chi connectivity index (χ4v) is 2.37. The first-order chi connectivity index (χ1) is 9.15. The number of nitrogens with zero attached hydrogens (tertiary/aromatic N) is 1. The Labute approximate surface area is 118 Å². The molecule has 0 fully saturated rings. The van der Waals surface area contributed by atoms with Gasteiger partial charge < -0.3 is 10.1 Å². The normalized spacial score (nSPS) is 12.6. The lowest BCUT2D eigenvalue weighted by Crippen LogP contribution is -2.17. The molecule has 0 amide bonds. The molecular formula is C15H20N2OS. The first kappa shape index (κ1) is 14.0. The molecule has 1 unspecified atom stereocenters. The van der Waals surface area contributed by atoms with Gasteiger partial charge in [-0.25, -0.2) is 4.98 Å². The molecular weight excluding hydrogens is 256 g/mol. The fourth-order valence-electron chi connectivity index (χ4n) is 1.81. The molecule has 0 saturated heterocycles. The van der Waals surface area contributed by atoms with Gasteiger partial charge in [0.2, 0.25) is 0 Å². The van der Waals surface area contributed by atoms with E-state index in [0.29, 0.717) is 6.04 Å². The van der Waals surface area contributed by atoms with Crippen LogP contribution in [0.4, 0.5) is 0 Å². The summed E-state index contributed by atoms with van der Waals surface area (Å²) < 4.78 is 5.64. The second-order valence-electron chi connectivity index (χ2n) is 4.76. The van der Waals surface area contributed by atoms with Crippen LogP contribution in [0.5, 0.6) is 5.75 Å². The quantitative estimate of drug-likeness (QED) is 0.872. The molecule has 0 aliphatic heterocycles. The van der Waals surface area contributed by atoms with E-state index in [-0.39, 0.29) is 6.10 Å². The Morgan fingerprint density at radius 2 is 1.95 bits per heavy atom. The van der Waals surface area contributed by atoms with Crippen LogP contribution in [-0.2, 0) is 6.54 Å². The molecule has 1 aromatic heterocycles. The second-order valence-corrected chi connectivity index (χ2v) is 5.74. The van der Waals surface area contributed by atoms with Crippen molar-refractivity contribution in [2.45, 2.75) is 39.5 Å². The van der Waals surface area contributed by atoms with Gasteiger partial charge in [0.15, 0.2) is 0 Å². The van der Waals surface area contributed by atoms with Gasteiger partial charge in [-0.2, -0.15) is 0 Å². The van der Waals surface area contributed by atoms with Crippen LogP contribution in [-0.4, -0.2) is 11.1 Å². The molecule has 0 spiro atoms. The summed E-state index contributed by atoms with van der Waals surface area (Å²) >= 11 is 1.68. The van der Waals surface area contributed by atoms with Crippen LogP contribution in [0, 0.1) is 0 Å². The number of benzene rings is 1. The van der Waals surface area contributed by atoms with Crippen LogP contribution in [0.15, 0.2) is 35.8 Å². The smallest absolute Gasteiger partial charge is 0.119 e. The summed E-state index contributed by atoms with van der Waals surface area (Å²) in [7, 11) is 0. The van der Waals surface area contributed by atoms with Crippen molar-refractivity contribution >= 4 is 11.3 Å². The van der Waals surface area contributed by atoms with E-state index < -0.39 is 0 Å². The Morgan fingerprint density at radius 3 is 2.53 bits per heavy atom. The summed E-state index contributed by atoms with van der Waals surface area (Å²) in [5.74, 6) is 0.922. The molecule has 4 heteroatoms. The van der Waals surface area contributed by atoms with Gasteiger partial charge in [-0.3, -0.25) is 0 Å². The molecule has 0 aliphatic rings. The topological polar surface area (TPSA) is 34.1 Å². The highest BCUT2D eigenvalue weighted by Crippen LogP contribution is 2.19. The van der Waals surface area contributed by atoms with Gasteiger partial charge in [0.1, 0.15) is 10.8 Å². The molecule has 2 rings (SSSR count). The van der Waals surface area contributed by atoms with Crippen LogP contribution >= 0.6 is 11.3 Å². The van der Waals surface area contributed by atoms with Gasteiger partial charge in [-0.05, 0) is 38.5 Å². The third-order valence-corrected chi connectivity index (χ3v) is 3.57. The van der Waals surface area contributed by atoms with Gasteiger partial charge in [-0.1, -0.05) is 12.1 Å². The molecule has 1 aromatic carbocycles. The molecule has 2 aromatic rings. The highest BCUT2D eigenvalue weighted by atomic mass is 32.1. The van der Waals surface area contributed by atoms with Crippen LogP contribution in [0.2, 0.25) is 0 Å². The van der Waals surface area contributed by atoms with E-state index in [2.05, 4.69) is 29.4 Å². The maximum atomic E-state index is 5.64. The molecule has 1 N–H and O–H groups in total. The fraction of sp³-hybridized carbons (Fsp3) is 0.400. The van der Waals surface area contributed by atoms with Gasteiger partial charge in [-0.15, -0.1) is 11.3 Å². The first-order valence-electron chi connectivity index (χ1n) is 6.53. The SMILES string of the molecule is CC(C)Oc1ccc(C(C)NCc2nccs2)cc1. The molecule has 19 heavy (non-hydrogen) atoms. The number of ether oxygens (including phenoxy) is 1. The lowest BCUT2D eigenvalue weighted by Gasteiger charge is -2.15. The molecule has 102 valence electrons. The van der Waals surface area contributed by atoms with E-state index in [4.69, 9.17) is 4.74 Å². The molecule has 0 saturated carbocycles. The van der Waals surface area contributed by atoms with E-state index in [1.165, 1.54) is 5.56 Å². The van der Waals surface area contributed by atoms with Gasteiger partial charge in [0.05, 0.1) is 6.10 Å². The van der Waals surface area contributed by atoms with Crippen molar-refractivity contribution in [2.24, 2.45) is 0 Å². The van der Waals surface area contributed by atoms with Crippen LogP contribution in [0.1, 0.15) is 37.4 Å². The standard InChI is InChI=1S/C15H20N2OS/c1-11(2)18-14-6-4-13(5-7-14)12(3)17-10-15-16-8-9-19-15/h4-9,11-12,17H,10H2,1-3H3. The Bertz CT molecular complexity index is 479. The highest BCUT2D eigenvalue weighted by Gasteiger charge is 2.06. The molecule has 0 bridgehead atoms. The number of rotatable bonds is 6. The van der Waals surface area contributed by atoms with Crippen molar-refractivity contribution in [3.63, 3.8) is 0 Å². The van der Waals surface area contributed by atoms with E-state index >= 15 is 0 Å². The van der Waals surface area contributed by atoms with Gasteiger partial charge in [0, 0.05) is 24.2 Å². The predicted molar refractivity (Wildman–Crippen MR) is 79.6 cm³/mol. The lowest BCUT2D eigenvalue weighted by molar-refractivity contribution is 0.242.